The van der Waals surface area contributed by atoms with Gasteiger partial charge in [0.2, 0.25) is 5.91 Å². The molecule has 106 valence electrons. The van der Waals surface area contributed by atoms with Crippen LogP contribution in [-0.2, 0) is 9.53 Å². The second kappa shape index (κ2) is 7.79. The zero-order valence-electron chi connectivity index (χ0n) is 12.2. The van der Waals surface area contributed by atoms with Crippen molar-refractivity contribution >= 4 is 11.6 Å². The third-order valence-electron chi connectivity index (χ3n) is 2.95. The number of nitrogens with one attached hydrogen (secondary N) is 2. The molecule has 1 aromatic rings. The average molecular weight is 264 g/mol. The lowest BCUT2D eigenvalue weighted by Gasteiger charge is -2.19. The highest BCUT2D eigenvalue weighted by Crippen LogP contribution is 2.24. The average Bonchev–Trinajstić information content (AvgIpc) is 2.39. The molecule has 1 rings (SSSR count). The van der Waals surface area contributed by atoms with Gasteiger partial charge in [0.1, 0.15) is 6.04 Å². The monoisotopic (exact) mass is 264 g/mol. The lowest BCUT2D eigenvalue weighted by molar-refractivity contribution is -0.121. The summed E-state index contributed by atoms with van der Waals surface area (Å²) < 4.78 is 4.91. The zero-order chi connectivity index (χ0) is 14.3. The highest BCUT2D eigenvalue weighted by atomic mass is 16.5. The predicted octanol–water partition coefficient (Wildman–Crippen LogP) is 2.37. The van der Waals surface area contributed by atoms with Crippen LogP contribution in [0.25, 0.3) is 0 Å². The molecule has 1 atom stereocenters. The first-order chi connectivity index (χ1) is 9.06. The van der Waals surface area contributed by atoms with Gasteiger partial charge in [-0.1, -0.05) is 32.0 Å². The normalized spacial score (nSPS) is 12.3. The molecule has 0 aromatic heterocycles. The Kier molecular flexibility index (Phi) is 6.36. The molecule has 2 N–H and O–H groups in total. The van der Waals surface area contributed by atoms with Gasteiger partial charge in [0.05, 0.1) is 6.61 Å². The predicted molar refractivity (Wildman–Crippen MR) is 78.5 cm³/mol. The lowest BCUT2D eigenvalue weighted by atomic mass is 10.0. The highest BCUT2D eigenvalue weighted by molar-refractivity contribution is 5.84. The number of benzene rings is 1. The highest BCUT2D eigenvalue weighted by Gasteiger charge is 2.14. The molecule has 19 heavy (non-hydrogen) atoms. The van der Waals surface area contributed by atoms with E-state index in [1.165, 1.54) is 5.56 Å². The van der Waals surface area contributed by atoms with Gasteiger partial charge in [-0.2, -0.15) is 0 Å². The molecule has 1 aromatic carbocycles. The van der Waals surface area contributed by atoms with E-state index in [2.05, 4.69) is 30.5 Å². The molecule has 0 bridgehead atoms. The van der Waals surface area contributed by atoms with E-state index in [0.29, 0.717) is 19.1 Å². The molecule has 1 amide bonds. The molecule has 0 aliphatic rings. The topological polar surface area (TPSA) is 50.4 Å². The third kappa shape index (κ3) is 4.91. The van der Waals surface area contributed by atoms with Crippen LogP contribution in [0.3, 0.4) is 0 Å². The molecule has 0 aliphatic heterocycles. The minimum absolute atomic E-state index is 0.0180. The number of rotatable bonds is 7. The molecular formula is C15H24N2O2. The largest absolute Gasteiger partial charge is 0.383 e. The summed E-state index contributed by atoms with van der Waals surface area (Å²) in [7, 11) is 1.62. The Balaban J connectivity index is 2.61. The standard InChI is InChI=1S/C15H24N2O2/c1-11(2)13-7-5-6-8-14(13)17-12(3)15(18)16-9-10-19-4/h5-8,11-12,17H,9-10H2,1-4H3,(H,16,18). The summed E-state index contributed by atoms with van der Waals surface area (Å²) in [6.07, 6.45) is 0. The van der Waals surface area contributed by atoms with Crippen molar-refractivity contribution in [1.82, 2.24) is 5.32 Å². The first-order valence-electron chi connectivity index (χ1n) is 6.68. The third-order valence-corrected chi connectivity index (χ3v) is 2.95. The Hall–Kier alpha value is -1.55. The van der Waals surface area contributed by atoms with Crippen LogP contribution < -0.4 is 10.6 Å². The molecule has 0 saturated carbocycles. The molecule has 1 unspecified atom stereocenters. The van der Waals surface area contributed by atoms with E-state index in [1.807, 2.05) is 25.1 Å². The molecule has 0 heterocycles. The first kappa shape index (κ1) is 15.5. The van der Waals surface area contributed by atoms with E-state index in [-0.39, 0.29) is 11.9 Å². The molecule has 0 radical (unpaired) electrons. The van der Waals surface area contributed by atoms with Crippen molar-refractivity contribution in [2.75, 3.05) is 25.6 Å². The smallest absolute Gasteiger partial charge is 0.242 e. The molecule has 0 fully saturated rings. The van der Waals surface area contributed by atoms with Gasteiger partial charge in [-0.25, -0.2) is 0 Å². The van der Waals surface area contributed by atoms with Gasteiger partial charge in [0.15, 0.2) is 0 Å². The summed E-state index contributed by atoms with van der Waals surface area (Å²) in [5.74, 6) is 0.406. The summed E-state index contributed by atoms with van der Waals surface area (Å²) in [6, 6.07) is 7.82. The van der Waals surface area contributed by atoms with E-state index >= 15 is 0 Å². The molecule has 4 nitrogen and oxygen atoms in total. The van der Waals surface area contributed by atoms with Crippen LogP contribution in [0.15, 0.2) is 24.3 Å². The zero-order valence-corrected chi connectivity index (χ0v) is 12.2. The van der Waals surface area contributed by atoms with Crippen molar-refractivity contribution in [1.29, 1.82) is 0 Å². The van der Waals surface area contributed by atoms with Crippen molar-refractivity contribution in [3.63, 3.8) is 0 Å². The van der Waals surface area contributed by atoms with Crippen LogP contribution in [0.2, 0.25) is 0 Å². The van der Waals surface area contributed by atoms with Gasteiger partial charge in [0, 0.05) is 19.3 Å². The number of hydrogen-bond acceptors (Lipinski definition) is 3. The summed E-state index contributed by atoms with van der Waals surface area (Å²) in [5, 5.41) is 6.09. The van der Waals surface area contributed by atoms with Gasteiger partial charge < -0.3 is 15.4 Å². The van der Waals surface area contributed by atoms with Gasteiger partial charge in [0.25, 0.3) is 0 Å². The summed E-state index contributed by atoms with van der Waals surface area (Å²) in [5.41, 5.74) is 2.24. The van der Waals surface area contributed by atoms with Crippen LogP contribution in [0, 0.1) is 0 Å². The molecule has 0 spiro atoms. The van der Waals surface area contributed by atoms with Gasteiger partial charge in [-0.15, -0.1) is 0 Å². The van der Waals surface area contributed by atoms with E-state index in [1.54, 1.807) is 7.11 Å². The fourth-order valence-electron chi connectivity index (χ4n) is 1.86. The van der Waals surface area contributed by atoms with Crippen LogP contribution >= 0.6 is 0 Å². The second-order valence-electron chi connectivity index (χ2n) is 4.89. The summed E-state index contributed by atoms with van der Waals surface area (Å²) in [6.45, 7) is 7.21. The Morgan fingerprint density at radius 2 is 1.95 bits per heavy atom. The maximum absolute atomic E-state index is 11.9. The van der Waals surface area contributed by atoms with Gasteiger partial charge in [-0.3, -0.25) is 4.79 Å². The molecule has 4 heteroatoms. The van der Waals surface area contributed by atoms with Crippen LogP contribution in [0.5, 0.6) is 0 Å². The van der Waals surface area contributed by atoms with Crippen LogP contribution in [-0.4, -0.2) is 32.2 Å². The van der Waals surface area contributed by atoms with Crippen molar-refractivity contribution in [3.05, 3.63) is 29.8 Å². The maximum Gasteiger partial charge on any atom is 0.242 e. The summed E-state index contributed by atoms with van der Waals surface area (Å²) in [4.78, 5) is 11.9. The second-order valence-corrected chi connectivity index (χ2v) is 4.89. The minimum atomic E-state index is -0.267. The van der Waals surface area contributed by atoms with Crippen molar-refractivity contribution < 1.29 is 9.53 Å². The number of carbonyl (C=O) groups is 1. The quantitative estimate of drug-likeness (QED) is 0.743. The van der Waals surface area contributed by atoms with Crippen molar-refractivity contribution in [2.45, 2.75) is 32.7 Å². The molecule has 0 saturated heterocycles. The maximum atomic E-state index is 11.9. The van der Waals surface area contributed by atoms with Crippen LogP contribution in [0.1, 0.15) is 32.3 Å². The number of ether oxygens (including phenoxy) is 1. The van der Waals surface area contributed by atoms with E-state index in [4.69, 9.17) is 4.74 Å². The minimum Gasteiger partial charge on any atom is -0.383 e. The van der Waals surface area contributed by atoms with Gasteiger partial charge >= 0.3 is 0 Å². The van der Waals surface area contributed by atoms with E-state index in [9.17, 15) is 4.79 Å². The number of anilines is 1. The van der Waals surface area contributed by atoms with Crippen LogP contribution in [0.4, 0.5) is 5.69 Å². The van der Waals surface area contributed by atoms with Crippen molar-refractivity contribution in [2.24, 2.45) is 0 Å². The number of amides is 1. The Morgan fingerprint density at radius 3 is 2.58 bits per heavy atom. The first-order valence-corrected chi connectivity index (χ1v) is 6.68. The van der Waals surface area contributed by atoms with E-state index in [0.717, 1.165) is 5.69 Å². The fourth-order valence-corrected chi connectivity index (χ4v) is 1.86. The lowest BCUT2D eigenvalue weighted by Crippen LogP contribution is -2.39. The summed E-state index contributed by atoms with van der Waals surface area (Å²) >= 11 is 0. The number of carbonyl (C=O) groups excluding carboxylic acids is 1. The Bertz CT molecular complexity index is 405. The number of hydrogen-bond donors (Lipinski definition) is 2. The molecular weight excluding hydrogens is 240 g/mol. The van der Waals surface area contributed by atoms with Crippen molar-refractivity contribution in [3.8, 4) is 0 Å². The van der Waals surface area contributed by atoms with Gasteiger partial charge in [-0.05, 0) is 24.5 Å². The van der Waals surface area contributed by atoms with E-state index < -0.39 is 0 Å². The fraction of sp³-hybridized carbons (Fsp3) is 0.533. The molecule has 0 aliphatic carbocycles. The Morgan fingerprint density at radius 1 is 1.26 bits per heavy atom. The number of methoxy groups -OCH3 is 1. The number of para-hydroxylation sites is 1. The Labute approximate surface area is 115 Å². The SMILES string of the molecule is COCCNC(=O)C(C)Nc1ccccc1C(C)C.